The molecule has 1 aromatic carbocycles. The van der Waals surface area contributed by atoms with Crippen LogP contribution in [0.25, 0.3) is 0 Å². The van der Waals surface area contributed by atoms with E-state index in [0.717, 1.165) is 16.7 Å². The summed E-state index contributed by atoms with van der Waals surface area (Å²) in [6.45, 7) is 4.52. The van der Waals surface area contributed by atoms with Gasteiger partial charge in [-0.25, -0.2) is 0 Å². The van der Waals surface area contributed by atoms with Crippen LogP contribution >= 0.6 is 0 Å². The monoisotopic (exact) mass is 207 g/mol. The molecule has 0 saturated carbocycles. The van der Waals surface area contributed by atoms with Crippen molar-refractivity contribution in [1.82, 2.24) is 0 Å². The maximum atomic E-state index is 9.45. The fourth-order valence-electron chi connectivity index (χ4n) is 1.48. The Hall–Kier alpha value is -0.995. The highest BCUT2D eigenvalue weighted by Gasteiger charge is 2.27. The van der Waals surface area contributed by atoms with Crippen LogP contribution in [0.5, 0.6) is 0 Å². The molecule has 0 radical (unpaired) electrons. The predicted octanol–water partition coefficient (Wildman–Crippen LogP) is 0.996. The van der Waals surface area contributed by atoms with E-state index in [1.807, 2.05) is 51.0 Å². The molecule has 1 aliphatic rings. The van der Waals surface area contributed by atoms with Crippen LogP contribution in [-0.2, 0) is 11.3 Å². The van der Waals surface area contributed by atoms with Crippen molar-refractivity contribution in [3.05, 3.63) is 23.8 Å². The summed E-state index contributed by atoms with van der Waals surface area (Å²) in [6, 6.07) is 5.99. The molecule has 3 nitrogen and oxygen atoms in total. The Morgan fingerprint density at radius 3 is 2.60 bits per heavy atom. The summed E-state index contributed by atoms with van der Waals surface area (Å²) in [7, 11) is 3.21. The second-order valence-electron chi connectivity index (χ2n) is 3.44. The molecule has 0 amide bonds. The number of fused-ring (bicyclic) bond motifs is 1. The number of hydrogen-bond donors (Lipinski definition) is 1. The molecule has 0 aromatic heterocycles. The van der Waals surface area contributed by atoms with Crippen molar-refractivity contribution in [2.45, 2.75) is 20.5 Å². The van der Waals surface area contributed by atoms with Crippen molar-refractivity contribution in [1.29, 1.82) is 0 Å². The second-order valence-corrected chi connectivity index (χ2v) is 3.44. The summed E-state index contributed by atoms with van der Waals surface area (Å²) in [5.41, 5.74) is 3.06. The van der Waals surface area contributed by atoms with E-state index in [9.17, 15) is 5.02 Å². The van der Waals surface area contributed by atoms with E-state index in [0.29, 0.717) is 6.61 Å². The third-order valence-corrected chi connectivity index (χ3v) is 2.31. The van der Waals surface area contributed by atoms with Gasteiger partial charge in [0.05, 0.1) is 6.61 Å². The van der Waals surface area contributed by atoms with E-state index in [1.54, 1.807) is 0 Å². The van der Waals surface area contributed by atoms with Crippen LogP contribution in [0.15, 0.2) is 18.2 Å². The van der Waals surface area contributed by atoms with Crippen LogP contribution in [0.1, 0.15) is 19.4 Å². The Labute approximate surface area is 91.8 Å². The molecule has 0 spiro atoms. The van der Waals surface area contributed by atoms with Crippen molar-refractivity contribution in [2.24, 2.45) is 0 Å². The van der Waals surface area contributed by atoms with Gasteiger partial charge in [-0.1, -0.05) is 19.9 Å². The van der Waals surface area contributed by atoms with Crippen molar-refractivity contribution < 1.29 is 9.68 Å². The molecule has 1 aliphatic heterocycles. The van der Waals surface area contributed by atoms with Gasteiger partial charge in [0.25, 0.3) is 0 Å². The van der Waals surface area contributed by atoms with Gasteiger partial charge in [-0.2, -0.15) is 0 Å². The maximum absolute atomic E-state index is 9.45. The molecule has 1 aromatic rings. The number of benzene rings is 1. The Morgan fingerprint density at radius 1 is 1.33 bits per heavy atom. The van der Waals surface area contributed by atoms with Crippen LogP contribution in [0.2, 0.25) is 0 Å². The topological polar surface area (TPSA) is 32.7 Å². The number of nitrogens with zero attached hydrogens (tertiary/aromatic N) is 1. The van der Waals surface area contributed by atoms with Crippen LogP contribution < -0.4 is 10.4 Å². The molecular weight excluding hydrogens is 189 g/mol. The van der Waals surface area contributed by atoms with E-state index < -0.39 is 7.12 Å². The molecule has 0 atom stereocenters. The molecule has 4 heteroatoms. The first kappa shape index (κ1) is 12.1. The van der Waals surface area contributed by atoms with Gasteiger partial charge in [0.15, 0.2) is 0 Å². The Morgan fingerprint density at radius 2 is 2.00 bits per heavy atom. The zero-order chi connectivity index (χ0) is 11.4. The minimum atomic E-state index is -0.741. The summed E-state index contributed by atoms with van der Waals surface area (Å²) in [6.07, 6.45) is 0. The summed E-state index contributed by atoms with van der Waals surface area (Å²) >= 11 is 0. The fraction of sp³-hybridized carbons (Fsp3) is 0.455. The van der Waals surface area contributed by atoms with Crippen molar-refractivity contribution in [2.75, 3.05) is 19.0 Å². The quantitative estimate of drug-likeness (QED) is 0.697. The molecule has 0 bridgehead atoms. The zero-order valence-corrected chi connectivity index (χ0v) is 9.82. The van der Waals surface area contributed by atoms with Crippen molar-refractivity contribution in [3.8, 4) is 0 Å². The van der Waals surface area contributed by atoms with Crippen molar-refractivity contribution in [3.63, 3.8) is 0 Å². The number of hydrogen-bond acceptors (Lipinski definition) is 3. The van der Waals surface area contributed by atoms with E-state index in [-0.39, 0.29) is 0 Å². The third-order valence-electron chi connectivity index (χ3n) is 2.31. The van der Waals surface area contributed by atoms with Gasteiger partial charge in [-0.15, -0.1) is 0 Å². The van der Waals surface area contributed by atoms with E-state index in [1.165, 1.54) is 0 Å². The summed E-state index contributed by atoms with van der Waals surface area (Å²) in [4.78, 5) is 2.01. The van der Waals surface area contributed by atoms with Crippen molar-refractivity contribution >= 4 is 18.3 Å². The van der Waals surface area contributed by atoms with Gasteiger partial charge < -0.3 is 14.6 Å². The Bertz CT molecular complexity index is 328. The largest absolute Gasteiger partial charge is 0.491 e. The maximum Gasteiger partial charge on any atom is 0.491 e. The average Bonchev–Trinajstić information content (AvgIpc) is 2.63. The van der Waals surface area contributed by atoms with Crippen LogP contribution in [0.4, 0.5) is 5.69 Å². The van der Waals surface area contributed by atoms with Crippen LogP contribution in [0, 0.1) is 0 Å². The Balaban J connectivity index is 0.000000531. The fourth-order valence-corrected chi connectivity index (χ4v) is 1.48. The molecule has 0 aliphatic carbocycles. The lowest BCUT2D eigenvalue weighted by atomic mass is 9.79. The zero-order valence-electron chi connectivity index (χ0n) is 9.82. The van der Waals surface area contributed by atoms with Gasteiger partial charge >= 0.3 is 7.12 Å². The highest BCUT2D eigenvalue weighted by molar-refractivity contribution is 6.61. The summed E-state index contributed by atoms with van der Waals surface area (Å²) in [5.74, 6) is 0. The van der Waals surface area contributed by atoms with Crippen LogP contribution in [-0.4, -0.2) is 26.2 Å². The first-order valence-electron chi connectivity index (χ1n) is 5.28. The molecular formula is C11H18BNO2. The van der Waals surface area contributed by atoms with Gasteiger partial charge in [-0.05, 0) is 23.2 Å². The minimum Gasteiger partial charge on any atom is -0.423 e. The second kappa shape index (κ2) is 5.19. The standard InChI is InChI=1S/C9H12BNO2.C2H6/c1-11(2)8-4-3-7-6-13-10(12)9(7)5-8;1-2/h3-5,12H,6H2,1-2H3;1-2H3. The molecule has 1 N–H and O–H groups in total. The first-order valence-corrected chi connectivity index (χ1v) is 5.28. The number of anilines is 1. The van der Waals surface area contributed by atoms with E-state index in [2.05, 4.69) is 0 Å². The van der Waals surface area contributed by atoms with E-state index in [4.69, 9.17) is 4.65 Å². The summed E-state index contributed by atoms with van der Waals surface area (Å²) in [5, 5.41) is 9.45. The van der Waals surface area contributed by atoms with Gasteiger partial charge in [-0.3, -0.25) is 0 Å². The SMILES string of the molecule is CC.CN(C)c1ccc2c(c1)B(O)OC2. The first-order chi connectivity index (χ1) is 7.18. The van der Waals surface area contributed by atoms with Gasteiger partial charge in [0.2, 0.25) is 0 Å². The molecule has 82 valence electrons. The minimum absolute atomic E-state index is 0.518. The highest BCUT2D eigenvalue weighted by atomic mass is 16.5. The summed E-state index contributed by atoms with van der Waals surface area (Å²) < 4.78 is 5.10. The average molecular weight is 207 g/mol. The van der Waals surface area contributed by atoms with Crippen LogP contribution in [0.3, 0.4) is 0 Å². The number of rotatable bonds is 1. The smallest absolute Gasteiger partial charge is 0.423 e. The molecule has 2 rings (SSSR count). The highest BCUT2D eigenvalue weighted by Crippen LogP contribution is 2.15. The third kappa shape index (κ3) is 2.52. The molecule has 0 fully saturated rings. The lowest BCUT2D eigenvalue weighted by Crippen LogP contribution is -2.28. The predicted molar refractivity (Wildman–Crippen MR) is 64.5 cm³/mol. The molecule has 1 heterocycles. The Kier molecular flexibility index (Phi) is 4.18. The molecule has 0 saturated heterocycles. The normalized spacial score (nSPS) is 13.0. The molecule has 0 unspecified atom stereocenters. The van der Waals surface area contributed by atoms with Gasteiger partial charge in [0, 0.05) is 19.8 Å². The van der Waals surface area contributed by atoms with E-state index >= 15 is 0 Å². The lowest BCUT2D eigenvalue weighted by Gasteiger charge is -2.13. The van der Waals surface area contributed by atoms with Gasteiger partial charge in [0.1, 0.15) is 0 Å². The molecule has 15 heavy (non-hydrogen) atoms. The lowest BCUT2D eigenvalue weighted by molar-refractivity contribution is 0.275.